The summed E-state index contributed by atoms with van der Waals surface area (Å²) < 4.78 is 5.32. The van der Waals surface area contributed by atoms with Gasteiger partial charge in [-0.1, -0.05) is 0 Å². The van der Waals surface area contributed by atoms with Crippen LogP contribution in [0.3, 0.4) is 0 Å². The molecular formula is C13H19N3O3. The second-order valence-corrected chi connectivity index (χ2v) is 4.81. The summed E-state index contributed by atoms with van der Waals surface area (Å²) in [6.07, 6.45) is 1.70. The number of aromatic nitrogens is 2. The highest BCUT2D eigenvalue weighted by atomic mass is 16.5. The van der Waals surface area contributed by atoms with Crippen molar-refractivity contribution in [1.29, 1.82) is 0 Å². The summed E-state index contributed by atoms with van der Waals surface area (Å²) in [5.41, 5.74) is 0.965. The van der Waals surface area contributed by atoms with Gasteiger partial charge >= 0.3 is 5.97 Å². The van der Waals surface area contributed by atoms with Gasteiger partial charge in [0, 0.05) is 24.8 Å². The fourth-order valence-electron chi connectivity index (χ4n) is 2.30. The summed E-state index contributed by atoms with van der Waals surface area (Å²) >= 11 is 0. The fourth-order valence-corrected chi connectivity index (χ4v) is 2.30. The number of aliphatic carboxylic acids is 1. The molecule has 0 spiro atoms. The van der Waals surface area contributed by atoms with Gasteiger partial charge in [-0.2, -0.15) is 0 Å². The maximum Gasteiger partial charge on any atom is 0.329 e. The van der Waals surface area contributed by atoms with Crippen LogP contribution in [0.15, 0.2) is 6.07 Å². The average molecular weight is 265 g/mol. The van der Waals surface area contributed by atoms with Gasteiger partial charge in [-0.3, -0.25) is 0 Å². The van der Waals surface area contributed by atoms with E-state index in [-0.39, 0.29) is 12.7 Å². The highest BCUT2D eigenvalue weighted by molar-refractivity contribution is 5.68. The number of hydrogen-bond donors (Lipinski definition) is 1. The Morgan fingerprint density at radius 2 is 2.11 bits per heavy atom. The molecule has 1 fully saturated rings. The summed E-state index contributed by atoms with van der Waals surface area (Å²) in [5.74, 6) is 0.811. The van der Waals surface area contributed by atoms with Crippen molar-refractivity contribution >= 4 is 11.8 Å². The molecule has 0 atom stereocenters. The van der Waals surface area contributed by atoms with Gasteiger partial charge in [-0.25, -0.2) is 14.8 Å². The van der Waals surface area contributed by atoms with E-state index in [1.165, 1.54) is 0 Å². The molecule has 1 N–H and O–H groups in total. The van der Waals surface area contributed by atoms with Crippen LogP contribution in [-0.4, -0.2) is 46.8 Å². The first kappa shape index (κ1) is 13.7. The van der Waals surface area contributed by atoms with E-state index < -0.39 is 5.97 Å². The van der Waals surface area contributed by atoms with Gasteiger partial charge in [0.05, 0.1) is 6.10 Å². The van der Waals surface area contributed by atoms with Gasteiger partial charge < -0.3 is 14.7 Å². The zero-order chi connectivity index (χ0) is 13.8. The van der Waals surface area contributed by atoms with E-state index in [4.69, 9.17) is 9.84 Å². The van der Waals surface area contributed by atoms with E-state index in [9.17, 15) is 4.79 Å². The van der Waals surface area contributed by atoms with Crippen molar-refractivity contribution in [2.75, 3.05) is 24.6 Å². The zero-order valence-corrected chi connectivity index (χ0v) is 11.3. The Hall–Kier alpha value is -1.69. The Balaban J connectivity index is 1.90. The van der Waals surface area contributed by atoms with Crippen molar-refractivity contribution in [2.24, 2.45) is 0 Å². The van der Waals surface area contributed by atoms with Crippen molar-refractivity contribution in [2.45, 2.75) is 32.8 Å². The summed E-state index contributed by atoms with van der Waals surface area (Å²) in [5, 5.41) is 8.58. The first-order chi connectivity index (χ1) is 9.04. The van der Waals surface area contributed by atoms with Crippen LogP contribution >= 0.6 is 0 Å². The summed E-state index contributed by atoms with van der Waals surface area (Å²) in [4.78, 5) is 21.3. The molecule has 1 aliphatic heterocycles. The van der Waals surface area contributed by atoms with Crippen molar-refractivity contribution in [3.63, 3.8) is 0 Å². The molecule has 1 aromatic heterocycles. The Morgan fingerprint density at radius 1 is 1.42 bits per heavy atom. The Kier molecular flexibility index (Phi) is 4.31. The number of ether oxygens (including phenoxy) is 1. The predicted octanol–water partition coefficient (Wildman–Crippen LogP) is 1.16. The average Bonchev–Trinajstić information content (AvgIpc) is 2.36. The number of hydrogen-bond acceptors (Lipinski definition) is 5. The Morgan fingerprint density at radius 3 is 2.68 bits per heavy atom. The normalized spacial score (nSPS) is 16.6. The van der Waals surface area contributed by atoms with Crippen LogP contribution in [0.1, 0.15) is 24.4 Å². The largest absolute Gasteiger partial charge is 0.480 e. The Bertz CT molecular complexity index is 436. The van der Waals surface area contributed by atoms with Crippen molar-refractivity contribution < 1.29 is 14.6 Å². The molecule has 19 heavy (non-hydrogen) atoms. The summed E-state index contributed by atoms with van der Waals surface area (Å²) in [7, 11) is 0. The molecule has 0 amide bonds. The SMILES string of the molecule is Cc1cc(N2CCC(OCC(=O)O)CC2)nc(C)n1. The van der Waals surface area contributed by atoms with Gasteiger partial charge in [0.25, 0.3) is 0 Å². The lowest BCUT2D eigenvalue weighted by molar-refractivity contribution is -0.144. The zero-order valence-electron chi connectivity index (χ0n) is 11.3. The number of rotatable bonds is 4. The summed E-state index contributed by atoms with van der Waals surface area (Å²) in [6, 6.07) is 1.98. The molecular weight excluding hydrogens is 246 g/mol. The van der Waals surface area contributed by atoms with E-state index in [0.717, 1.165) is 43.3 Å². The van der Waals surface area contributed by atoms with Crippen LogP contribution in [0.2, 0.25) is 0 Å². The molecule has 0 radical (unpaired) electrons. The standard InChI is InChI=1S/C13H19N3O3/c1-9-7-12(15-10(2)14-9)16-5-3-11(4-6-16)19-8-13(17)18/h7,11H,3-6,8H2,1-2H3,(H,17,18). The molecule has 1 aliphatic rings. The minimum absolute atomic E-state index is 0.0383. The number of carboxylic acid groups (broad SMARTS) is 1. The van der Waals surface area contributed by atoms with Crippen LogP contribution in [-0.2, 0) is 9.53 Å². The molecule has 104 valence electrons. The molecule has 2 rings (SSSR count). The van der Waals surface area contributed by atoms with Crippen molar-refractivity contribution in [3.8, 4) is 0 Å². The monoisotopic (exact) mass is 265 g/mol. The van der Waals surface area contributed by atoms with Gasteiger partial charge in [0.2, 0.25) is 0 Å². The molecule has 0 bridgehead atoms. The summed E-state index contributed by atoms with van der Waals surface area (Å²) in [6.45, 7) is 5.30. The third kappa shape index (κ3) is 3.89. The van der Waals surface area contributed by atoms with Gasteiger partial charge in [0.1, 0.15) is 18.2 Å². The van der Waals surface area contributed by atoms with Crippen LogP contribution in [0.25, 0.3) is 0 Å². The third-order valence-electron chi connectivity index (χ3n) is 3.16. The topological polar surface area (TPSA) is 75.5 Å². The molecule has 0 saturated carbocycles. The molecule has 1 saturated heterocycles. The minimum Gasteiger partial charge on any atom is -0.480 e. The Labute approximate surface area is 112 Å². The number of carbonyl (C=O) groups is 1. The van der Waals surface area contributed by atoms with Crippen LogP contribution < -0.4 is 4.90 Å². The maximum atomic E-state index is 10.5. The van der Waals surface area contributed by atoms with Crippen LogP contribution in [0.5, 0.6) is 0 Å². The molecule has 2 heterocycles. The second kappa shape index (κ2) is 5.97. The predicted molar refractivity (Wildman–Crippen MR) is 70.3 cm³/mol. The van der Waals surface area contributed by atoms with Crippen molar-refractivity contribution in [1.82, 2.24) is 9.97 Å². The molecule has 0 unspecified atom stereocenters. The van der Waals surface area contributed by atoms with Crippen LogP contribution in [0.4, 0.5) is 5.82 Å². The van der Waals surface area contributed by atoms with Gasteiger partial charge in [-0.15, -0.1) is 0 Å². The number of nitrogens with zero attached hydrogens (tertiary/aromatic N) is 3. The molecule has 6 nitrogen and oxygen atoms in total. The number of anilines is 1. The lowest BCUT2D eigenvalue weighted by Crippen LogP contribution is -2.38. The first-order valence-electron chi connectivity index (χ1n) is 6.45. The molecule has 0 aliphatic carbocycles. The fraction of sp³-hybridized carbons (Fsp3) is 0.615. The number of piperidine rings is 1. The van der Waals surface area contributed by atoms with E-state index in [1.54, 1.807) is 0 Å². The van der Waals surface area contributed by atoms with E-state index in [1.807, 2.05) is 19.9 Å². The minimum atomic E-state index is -0.913. The number of carboxylic acids is 1. The van der Waals surface area contributed by atoms with E-state index >= 15 is 0 Å². The smallest absolute Gasteiger partial charge is 0.329 e. The molecule has 6 heteroatoms. The van der Waals surface area contributed by atoms with E-state index in [0.29, 0.717) is 0 Å². The highest BCUT2D eigenvalue weighted by Gasteiger charge is 2.21. The lowest BCUT2D eigenvalue weighted by atomic mass is 10.1. The maximum absolute atomic E-state index is 10.5. The first-order valence-corrected chi connectivity index (χ1v) is 6.45. The number of aryl methyl sites for hydroxylation is 2. The van der Waals surface area contributed by atoms with E-state index in [2.05, 4.69) is 14.9 Å². The second-order valence-electron chi connectivity index (χ2n) is 4.81. The molecule has 1 aromatic rings. The molecule has 0 aromatic carbocycles. The van der Waals surface area contributed by atoms with Crippen LogP contribution in [0, 0.1) is 13.8 Å². The van der Waals surface area contributed by atoms with Gasteiger partial charge in [0.15, 0.2) is 0 Å². The van der Waals surface area contributed by atoms with Crippen molar-refractivity contribution in [3.05, 3.63) is 17.6 Å². The highest BCUT2D eigenvalue weighted by Crippen LogP contribution is 2.20. The van der Waals surface area contributed by atoms with Gasteiger partial charge in [-0.05, 0) is 26.7 Å². The lowest BCUT2D eigenvalue weighted by Gasteiger charge is -2.32. The quantitative estimate of drug-likeness (QED) is 0.880. The third-order valence-corrected chi connectivity index (χ3v) is 3.16.